The van der Waals surface area contributed by atoms with Crippen molar-refractivity contribution < 1.29 is 9.53 Å². The minimum atomic E-state index is -0.359. The SMILES string of the molecule is [B]CNC(=O)c1cn(C)nc1C1(OC)CC1. The Bertz CT molecular complexity index is 412. The molecule has 2 radical (unpaired) electrons. The van der Waals surface area contributed by atoms with Gasteiger partial charge < -0.3 is 10.1 Å². The summed E-state index contributed by atoms with van der Waals surface area (Å²) in [6.07, 6.45) is 3.62. The van der Waals surface area contributed by atoms with Gasteiger partial charge in [0.15, 0.2) is 0 Å². The standard InChI is InChI=1S/C10H14BN3O2/c1-14-5-7(9(15)12-6-11)8(13-14)10(16-2)3-4-10/h5H,3-4,6H2,1-2H3,(H,12,15). The van der Waals surface area contributed by atoms with Crippen LogP contribution in [-0.4, -0.2) is 37.1 Å². The Balaban J connectivity index is 2.34. The topological polar surface area (TPSA) is 56.2 Å². The molecule has 0 spiro atoms. The molecule has 1 amide bonds. The van der Waals surface area contributed by atoms with Gasteiger partial charge in [0, 0.05) is 20.4 Å². The first kappa shape index (κ1) is 11.2. The van der Waals surface area contributed by atoms with Gasteiger partial charge in [-0.25, -0.2) is 0 Å². The van der Waals surface area contributed by atoms with Gasteiger partial charge in [0.25, 0.3) is 5.91 Å². The van der Waals surface area contributed by atoms with E-state index in [0.717, 1.165) is 12.8 Å². The van der Waals surface area contributed by atoms with E-state index in [1.807, 2.05) is 0 Å². The molecule has 0 aliphatic heterocycles. The van der Waals surface area contributed by atoms with Crippen LogP contribution in [0, 0.1) is 0 Å². The van der Waals surface area contributed by atoms with Crippen molar-refractivity contribution in [3.8, 4) is 0 Å². The third kappa shape index (κ3) is 1.73. The zero-order chi connectivity index (χ0) is 11.8. The van der Waals surface area contributed by atoms with Crippen LogP contribution in [0.25, 0.3) is 0 Å². The molecule has 0 aromatic carbocycles. The molecule has 0 saturated heterocycles. The molecular weight excluding hydrogens is 205 g/mol. The maximum Gasteiger partial charge on any atom is 0.254 e. The molecule has 1 aromatic heterocycles. The van der Waals surface area contributed by atoms with Crippen molar-refractivity contribution in [2.45, 2.75) is 18.4 Å². The van der Waals surface area contributed by atoms with E-state index >= 15 is 0 Å². The number of hydrogen-bond donors (Lipinski definition) is 1. The van der Waals surface area contributed by atoms with Crippen LogP contribution in [0.4, 0.5) is 0 Å². The average molecular weight is 219 g/mol. The summed E-state index contributed by atoms with van der Waals surface area (Å²) in [5.41, 5.74) is 0.901. The lowest BCUT2D eigenvalue weighted by Crippen LogP contribution is -2.26. The van der Waals surface area contributed by atoms with E-state index in [1.54, 1.807) is 25.0 Å². The van der Waals surface area contributed by atoms with Crippen molar-refractivity contribution in [2.24, 2.45) is 7.05 Å². The lowest BCUT2D eigenvalue weighted by Gasteiger charge is -2.12. The van der Waals surface area contributed by atoms with E-state index in [0.29, 0.717) is 11.3 Å². The molecule has 0 atom stereocenters. The molecule has 1 saturated carbocycles. The number of ether oxygens (including phenoxy) is 1. The van der Waals surface area contributed by atoms with Gasteiger partial charge in [0.2, 0.25) is 0 Å². The normalized spacial score (nSPS) is 17.1. The minimum Gasteiger partial charge on any atom is -0.372 e. The summed E-state index contributed by atoms with van der Waals surface area (Å²) in [5, 5.41) is 6.88. The molecule has 1 aliphatic carbocycles. The fourth-order valence-corrected chi connectivity index (χ4v) is 1.83. The Morgan fingerprint density at radius 3 is 2.94 bits per heavy atom. The van der Waals surface area contributed by atoms with Crippen molar-refractivity contribution in [2.75, 3.05) is 13.6 Å². The van der Waals surface area contributed by atoms with E-state index in [1.165, 1.54) is 0 Å². The van der Waals surface area contributed by atoms with Crippen LogP contribution in [0.3, 0.4) is 0 Å². The number of amides is 1. The van der Waals surface area contributed by atoms with Crippen LogP contribution in [-0.2, 0) is 17.4 Å². The van der Waals surface area contributed by atoms with Gasteiger partial charge in [-0.1, -0.05) is 0 Å². The highest BCUT2D eigenvalue weighted by molar-refractivity contribution is 6.11. The van der Waals surface area contributed by atoms with E-state index in [4.69, 9.17) is 12.6 Å². The van der Waals surface area contributed by atoms with Crippen LogP contribution in [0.2, 0.25) is 0 Å². The monoisotopic (exact) mass is 219 g/mol. The Morgan fingerprint density at radius 2 is 2.44 bits per heavy atom. The Kier molecular flexibility index (Phi) is 2.76. The summed E-state index contributed by atoms with van der Waals surface area (Å²) >= 11 is 0. The Morgan fingerprint density at radius 1 is 1.75 bits per heavy atom. The number of methoxy groups -OCH3 is 1. The molecule has 2 rings (SSSR count). The lowest BCUT2D eigenvalue weighted by atomic mass is 10.1. The van der Waals surface area contributed by atoms with Gasteiger partial charge in [-0.15, -0.1) is 0 Å². The molecule has 1 aliphatic rings. The van der Waals surface area contributed by atoms with Crippen molar-refractivity contribution >= 4 is 13.8 Å². The fourth-order valence-electron chi connectivity index (χ4n) is 1.83. The van der Waals surface area contributed by atoms with Crippen LogP contribution in [0.5, 0.6) is 0 Å². The molecular formula is C10H14BN3O2. The Hall–Kier alpha value is -1.30. The summed E-state index contributed by atoms with van der Waals surface area (Å²) in [5.74, 6) is -0.200. The molecule has 1 heterocycles. The third-order valence-electron chi connectivity index (χ3n) is 2.86. The number of aromatic nitrogens is 2. The Labute approximate surface area is 95.6 Å². The molecule has 0 bridgehead atoms. The van der Waals surface area contributed by atoms with Crippen molar-refractivity contribution in [1.82, 2.24) is 15.1 Å². The van der Waals surface area contributed by atoms with Gasteiger partial charge in [-0.2, -0.15) is 5.10 Å². The smallest absolute Gasteiger partial charge is 0.254 e. The molecule has 84 valence electrons. The molecule has 1 fully saturated rings. The zero-order valence-corrected chi connectivity index (χ0v) is 9.49. The fraction of sp³-hybridized carbons (Fsp3) is 0.600. The van der Waals surface area contributed by atoms with Gasteiger partial charge in [0.1, 0.15) is 11.3 Å². The van der Waals surface area contributed by atoms with Crippen molar-refractivity contribution in [1.29, 1.82) is 0 Å². The first-order chi connectivity index (χ1) is 7.63. The lowest BCUT2D eigenvalue weighted by molar-refractivity contribution is 0.0722. The number of rotatable bonds is 4. The van der Waals surface area contributed by atoms with E-state index in [9.17, 15) is 4.79 Å². The molecule has 1 N–H and O–H groups in total. The zero-order valence-electron chi connectivity index (χ0n) is 9.49. The number of nitrogens with one attached hydrogen (secondary N) is 1. The summed E-state index contributed by atoms with van der Waals surface area (Å²) in [7, 11) is 8.72. The van der Waals surface area contributed by atoms with E-state index in [2.05, 4.69) is 10.4 Å². The third-order valence-corrected chi connectivity index (χ3v) is 2.86. The average Bonchev–Trinajstić information content (AvgIpc) is 2.96. The summed E-state index contributed by atoms with van der Waals surface area (Å²) in [4.78, 5) is 11.8. The molecule has 6 heteroatoms. The number of carbonyl (C=O) groups is 1. The molecule has 1 aromatic rings. The summed E-state index contributed by atoms with van der Waals surface area (Å²) in [6.45, 7) is 0. The maximum absolute atomic E-state index is 11.8. The quantitative estimate of drug-likeness (QED) is 0.720. The minimum absolute atomic E-state index is 0.118. The predicted molar refractivity (Wildman–Crippen MR) is 59.2 cm³/mol. The van der Waals surface area contributed by atoms with Crippen molar-refractivity contribution in [3.63, 3.8) is 0 Å². The second-order valence-corrected chi connectivity index (χ2v) is 3.97. The number of nitrogens with zero attached hydrogens (tertiary/aromatic N) is 2. The van der Waals surface area contributed by atoms with Crippen LogP contribution in [0.1, 0.15) is 28.9 Å². The highest BCUT2D eigenvalue weighted by atomic mass is 16.5. The summed E-state index contributed by atoms with van der Waals surface area (Å²) in [6, 6.07) is 0. The number of hydrogen-bond acceptors (Lipinski definition) is 3. The first-order valence-corrected chi connectivity index (χ1v) is 5.20. The van der Waals surface area contributed by atoms with Gasteiger partial charge in [0.05, 0.1) is 13.4 Å². The highest BCUT2D eigenvalue weighted by Gasteiger charge is 2.49. The van der Waals surface area contributed by atoms with E-state index in [-0.39, 0.29) is 18.0 Å². The highest BCUT2D eigenvalue weighted by Crippen LogP contribution is 2.49. The molecule has 5 nitrogen and oxygen atoms in total. The number of carbonyl (C=O) groups excluding carboxylic acids is 1. The largest absolute Gasteiger partial charge is 0.372 e. The van der Waals surface area contributed by atoms with Gasteiger partial charge in [-0.05, 0) is 19.3 Å². The van der Waals surface area contributed by atoms with Gasteiger partial charge >= 0.3 is 0 Å². The molecule has 0 unspecified atom stereocenters. The number of aryl methyl sites for hydroxylation is 1. The first-order valence-electron chi connectivity index (χ1n) is 5.20. The second kappa shape index (κ2) is 3.94. The second-order valence-electron chi connectivity index (χ2n) is 3.97. The van der Waals surface area contributed by atoms with Crippen molar-refractivity contribution in [3.05, 3.63) is 17.5 Å². The predicted octanol–water partition coefficient (Wildman–Crippen LogP) is -0.0886. The maximum atomic E-state index is 11.8. The van der Waals surface area contributed by atoms with E-state index < -0.39 is 0 Å². The molecule has 16 heavy (non-hydrogen) atoms. The van der Waals surface area contributed by atoms with Crippen LogP contribution >= 0.6 is 0 Å². The summed E-state index contributed by atoms with van der Waals surface area (Å²) < 4.78 is 7.05. The van der Waals surface area contributed by atoms with Gasteiger partial charge in [-0.3, -0.25) is 9.48 Å². The van der Waals surface area contributed by atoms with Crippen LogP contribution in [0.15, 0.2) is 6.20 Å². The van der Waals surface area contributed by atoms with Crippen LogP contribution < -0.4 is 5.32 Å².